The smallest absolute Gasteiger partial charge is 0.227 e. The fraction of sp³-hybridized carbons (Fsp3) is 0.533. The second kappa shape index (κ2) is 6.01. The van der Waals surface area contributed by atoms with E-state index in [0.717, 1.165) is 24.9 Å². The lowest BCUT2D eigenvalue weighted by Gasteiger charge is -2.20. The highest BCUT2D eigenvalue weighted by Crippen LogP contribution is 2.28. The molecule has 0 radical (unpaired) electrons. The van der Waals surface area contributed by atoms with Gasteiger partial charge in [0.05, 0.1) is 0 Å². The molecule has 1 aromatic rings. The Morgan fingerprint density at radius 3 is 2.94 bits per heavy atom. The number of carbonyl (C=O) groups is 1. The normalized spacial score (nSPS) is 15.9. The van der Waals surface area contributed by atoms with Crippen LogP contribution >= 0.6 is 0 Å². The van der Waals surface area contributed by atoms with E-state index in [1.807, 2.05) is 19.1 Å². The second-order valence-corrected chi connectivity index (χ2v) is 5.12. The molecular weight excluding hydrogens is 224 g/mol. The first-order valence-electron chi connectivity index (χ1n) is 6.84. The largest absolute Gasteiger partial charge is 0.330 e. The molecule has 1 aliphatic rings. The van der Waals surface area contributed by atoms with E-state index in [2.05, 4.69) is 11.4 Å². The maximum atomic E-state index is 12.0. The molecule has 1 unspecified atom stereocenters. The van der Waals surface area contributed by atoms with E-state index in [1.54, 1.807) is 0 Å². The summed E-state index contributed by atoms with van der Waals surface area (Å²) >= 11 is 0. The lowest BCUT2D eigenvalue weighted by atomic mass is 9.90. The van der Waals surface area contributed by atoms with Crippen LogP contribution in [0.3, 0.4) is 0 Å². The van der Waals surface area contributed by atoms with Gasteiger partial charge in [-0.3, -0.25) is 4.79 Å². The van der Waals surface area contributed by atoms with Crippen molar-refractivity contribution in [3.63, 3.8) is 0 Å². The van der Waals surface area contributed by atoms with Crippen molar-refractivity contribution < 1.29 is 4.79 Å². The van der Waals surface area contributed by atoms with Crippen LogP contribution in [0.2, 0.25) is 0 Å². The van der Waals surface area contributed by atoms with Crippen molar-refractivity contribution >= 4 is 11.6 Å². The number of rotatable bonds is 4. The third-order valence-corrected chi connectivity index (χ3v) is 3.70. The van der Waals surface area contributed by atoms with Crippen molar-refractivity contribution in [2.75, 3.05) is 11.9 Å². The zero-order valence-electron chi connectivity index (χ0n) is 11.0. The first-order valence-corrected chi connectivity index (χ1v) is 6.84. The molecule has 0 saturated heterocycles. The molecule has 0 bridgehead atoms. The summed E-state index contributed by atoms with van der Waals surface area (Å²) in [5.74, 6) is 0.0638. The molecule has 0 spiro atoms. The number of nitrogens with one attached hydrogen (secondary N) is 1. The molecule has 2 rings (SSSR count). The predicted octanol–water partition coefficient (Wildman–Crippen LogP) is 2.49. The minimum absolute atomic E-state index is 0.0190. The molecule has 0 fully saturated rings. The van der Waals surface area contributed by atoms with E-state index in [1.165, 1.54) is 24.0 Å². The van der Waals surface area contributed by atoms with Crippen molar-refractivity contribution in [1.29, 1.82) is 0 Å². The topological polar surface area (TPSA) is 55.1 Å². The number of aryl methyl sites for hydroxylation is 1. The summed E-state index contributed by atoms with van der Waals surface area (Å²) in [5, 5.41) is 3.06. The molecule has 1 aromatic carbocycles. The quantitative estimate of drug-likeness (QED) is 0.857. The van der Waals surface area contributed by atoms with Crippen LogP contribution in [0.5, 0.6) is 0 Å². The number of carbonyl (C=O) groups excluding carboxylic acids is 1. The third kappa shape index (κ3) is 2.91. The molecular formula is C15H22N2O. The Kier molecular flexibility index (Phi) is 4.37. The Balaban J connectivity index is 2.12. The highest BCUT2D eigenvalue weighted by Gasteiger charge is 2.17. The summed E-state index contributed by atoms with van der Waals surface area (Å²) in [6, 6.07) is 6.22. The molecule has 0 aliphatic heterocycles. The summed E-state index contributed by atoms with van der Waals surface area (Å²) in [4.78, 5) is 12.0. The maximum absolute atomic E-state index is 12.0. The number of benzene rings is 1. The third-order valence-electron chi connectivity index (χ3n) is 3.70. The van der Waals surface area contributed by atoms with Crippen LogP contribution in [0, 0.1) is 5.92 Å². The maximum Gasteiger partial charge on any atom is 0.227 e. The van der Waals surface area contributed by atoms with Crippen molar-refractivity contribution in [1.82, 2.24) is 0 Å². The highest BCUT2D eigenvalue weighted by atomic mass is 16.1. The van der Waals surface area contributed by atoms with Gasteiger partial charge in [0.2, 0.25) is 5.91 Å². The Morgan fingerprint density at radius 1 is 1.39 bits per heavy atom. The van der Waals surface area contributed by atoms with Gasteiger partial charge in [-0.05, 0) is 55.8 Å². The predicted molar refractivity (Wildman–Crippen MR) is 74.5 cm³/mol. The average molecular weight is 246 g/mol. The SMILES string of the molecule is CC(CCN)C(=O)Nc1cccc2c1CCCC2. The van der Waals surface area contributed by atoms with Crippen LogP contribution in [0.15, 0.2) is 18.2 Å². The van der Waals surface area contributed by atoms with E-state index in [4.69, 9.17) is 5.73 Å². The Morgan fingerprint density at radius 2 is 2.17 bits per heavy atom. The molecule has 0 saturated carbocycles. The van der Waals surface area contributed by atoms with Gasteiger partial charge >= 0.3 is 0 Å². The number of anilines is 1. The van der Waals surface area contributed by atoms with Crippen LogP contribution in [0.4, 0.5) is 5.69 Å². The van der Waals surface area contributed by atoms with E-state index in [9.17, 15) is 4.79 Å². The van der Waals surface area contributed by atoms with E-state index in [-0.39, 0.29) is 11.8 Å². The fourth-order valence-electron chi connectivity index (χ4n) is 2.54. The Hall–Kier alpha value is -1.35. The lowest BCUT2D eigenvalue weighted by molar-refractivity contribution is -0.119. The molecule has 0 heterocycles. The number of hydrogen-bond acceptors (Lipinski definition) is 2. The summed E-state index contributed by atoms with van der Waals surface area (Å²) in [6.07, 6.45) is 5.43. The number of nitrogens with two attached hydrogens (primary N) is 1. The average Bonchev–Trinajstić information content (AvgIpc) is 2.39. The van der Waals surface area contributed by atoms with Crippen LogP contribution in [-0.2, 0) is 17.6 Å². The summed E-state index contributed by atoms with van der Waals surface area (Å²) in [5.41, 5.74) is 9.22. The standard InChI is InChI=1S/C15H22N2O/c1-11(9-10-16)15(18)17-14-8-4-6-12-5-2-3-7-13(12)14/h4,6,8,11H,2-3,5,7,9-10,16H2,1H3,(H,17,18). The minimum Gasteiger partial charge on any atom is -0.330 e. The number of fused-ring (bicyclic) bond motifs is 1. The van der Waals surface area contributed by atoms with E-state index >= 15 is 0 Å². The molecule has 3 heteroatoms. The molecule has 0 aromatic heterocycles. The molecule has 3 nitrogen and oxygen atoms in total. The molecule has 1 aliphatic carbocycles. The van der Waals surface area contributed by atoms with Gasteiger partial charge in [0.15, 0.2) is 0 Å². The van der Waals surface area contributed by atoms with Gasteiger partial charge in [-0.25, -0.2) is 0 Å². The molecule has 18 heavy (non-hydrogen) atoms. The lowest BCUT2D eigenvalue weighted by Crippen LogP contribution is -2.23. The first kappa shape index (κ1) is 13.1. The first-order chi connectivity index (χ1) is 8.72. The van der Waals surface area contributed by atoms with Crippen molar-refractivity contribution in [2.24, 2.45) is 11.7 Å². The van der Waals surface area contributed by atoms with Crippen LogP contribution in [0.1, 0.15) is 37.3 Å². The van der Waals surface area contributed by atoms with Crippen molar-refractivity contribution in [3.05, 3.63) is 29.3 Å². The zero-order chi connectivity index (χ0) is 13.0. The molecule has 1 atom stereocenters. The second-order valence-electron chi connectivity index (χ2n) is 5.12. The van der Waals surface area contributed by atoms with Crippen LogP contribution in [0.25, 0.3) is 0 Å². The monoisotopic (exact) mass is 246 g/mol. The van der Waals surface area contributed by atoms with E-state index in [0.29, 0.717) is 6.54 Å². The van der Waals surface area contributed by atoms with Gasteiger partial charge in [-0.2, -0.15) is 0 Å². The summed E-state index contributed by atoms with van der Waals surface area (Å²) < 4.78 is 0. The summed E-state index contributed by atoms with van der Waals surface area (Å²) in [7, 11) is 0. The summed E-state index contributed by atoms with van der Waals surface area (Å²) in [6.45, 7) is 2.49. The fourth-order valence-corrected chi connectivity index (χ4v) is 2.54. The van der Waals surface area contributed by atoms with Gasteiger partial charge in [0.25, 0.3) is 0 Å². The van der Waals surface area contributed by atoms with Gasteiger partial charge in [0, 0.05) is 11.6 Å². The van der Waals surface area contributed by atoms with Crippen LogP contribution < -0.4 is 11.1 Å². The molecule has 3 N–H and O–H groups in total. The highest BCUT2D eigenvalue weighted by molar-refractivity contribution is 5.93. The van der Waals surface area contributed by atoms with Crippen LogP contribution in [-0.4, -0.2) is 12.5 Å². The minimum atomic E-state index is -0.0190. The zero-order valence-corrected chi connectivity index (χ0v) is 11.0. The van der Waals surface area contributed by atoms with Gasteiger partial charge in [0.1, 0.15) is 0 Å². The number of amides is 1. The van der Waals surface area contributed by atoms with Crippen molar-refractivity contribution in [3.8, 4) is 0 Å². The molecule has 98 valence electrons. The van der Waals surface area contributed by atoms with Gasteiger partial charge in [-0.15, -0.1) is 0 Å². The van der Waals surface area contributed by atoms with Crippen molar-refractivity contribution in [2.45, 2.75) is 39.0 Å². The van der Waals surface area contributed by atoms with Gasteiger partial charge in [-0.1, -0.05) is 19.1 Å². The van der Waals surface area contributed by atoms with Gasteiger partial charge < -0.3 is 11.1 Å². The number of hydrogen-bond donors (Lipinski definition) is 2. The Bertz CT molecular complexity index is 429. The van der Waals surface area contributed by atoms with E-state index < -0.39 is 0 Å². The Labute approximate surface area is 109 Å². The molecule has 1 amide bonds.